The maximum absolute atomic E-state index is 9.67. The fourth-order valence-electron chi connectivity index (χ4n) is 0.533. The Labute approximate surface area is 112 Å². The van der Waals surface area contributed by atoms with Crippen LogP contribution in [-0.4, -0.2) is 56.5 Å². The summed E-state index contributed by atoms with van der Waals surface area (Å²) in [5, 5.41) is 0. The van der Waals surface area contributed by atoms with Gasteiger partial charge in [0.15, 0.2) is 0 Å². The molecule has 60 valence electrons. The van der Waals surface area contributed by atoms with Crippen LogP contribution >= 0.6 is 15.9 Å². The van der Waals surface area contributed by atoms with Gasteiger partial charge in [-0.1, -0.05) is 0 Å². The molecule has 0 aliphatic heterocycles. The third kappa shape index (κ3) is 9.28. The van der Waals surface area contributed by atoms with Gasteiger partial charge >= 0.3 is 101 Å². The fourth-order valence-corrected chi connectivity index (χ4v) is 1.32. The van der Waals surface area contributed by atoms with Crippen molar-refractivity contribution in [1.82, 2.24) is 0 Å². The Morgan fingerprint density at radius 3 is 1.67 bits per heavy atom. The average Bonchev–Trinajstić information content (AvgIpc) is 1.94. The van der Waals surface area contributed by atoms with Gasteiger partial charge in [0.2, 0.25) is 0 Å². The first-order valence-electron chi connectivity index (χ1n) is 3.17. The van der Waals surface area contributed by atoms with E-state index >= 15 is 0 Å². The minimum absolute atomic E-state index is 0.827. The summed E-state index contributed by atoms with van der Waals surface area (Å²) in [7, 11) is -3.67. The third-order valence-corrected chi connectivity index (χ3v) is 2.58. The molecule has 0 aliphatic rings. The molecule has 12 heavy (non-hydrogen) atoms. The Hall–Kier alpha value is 1.19. The van der Waals surface area contributed by atoms with Crippen molar-refractivity contribution in [2.75, 3.05) is 0 Å². The molecular formula is C6H4BBrF3K. The zero-order valence-electron chi connectivity index (χ0n) is 6.40. The van der Waals surface area contributed by atoms with Gasteiger partial charge in [-0.3, -0.25) is 12.9 Å². The van der Waals surface area contributed by atoms with E-state index in [-0.39, 0.29) is 0 Å². The molecule has 0 fully saturated rings. The van der Waals surface area contributed by atoms with Gasteiger partial charge in [0.25, 0.3) is 0 Å². The second kappa shape index (κ2) is 7.58. The van der Waals surface area contributed by atoms with Crippen molar-refractivity contribution in [2.45, 2.75) is 0 Å². The van der Waals surface area contributed by atoms with E-state index < -0.39 is 7.54 Å². The monoisotopic (exact) mass is 262 g/mol. The number of hydrogen-bond acceptors (Lipinski definition) is 0. The molecule has 0 nitrogen and oxygen atoms in total. The van der Waals surface area contributed by atoms with E-state index in [1.54, 1.807) is 0 Å². The molecule has 0 spiro atoms. The zero-order chi connectivity index (χ0) is 9.56. The van der Waals surface area contributed by atoms with Crippen LogP contribution in [0.2, 0.25) is 0 Å². The van der Waals surface area contributed by atoms with Crippen molar-refractivity contribution in [2.24, 2.45) is 0 Å². The summed E-state index contributed by atoms with van der Waals surface area (Å²) in [6, 6.07) is 8.48. The Balaban J connectivity index is 0.000000261. The molecule has 0 radical (unpaired) electrons. The first-order chi connectivity index (χ1) is 5.52. The van der Waals surface area contributed by atoms with Crippen molar-refractivity contribution >= 4 is 72.1 Å². The quantitative estimate of drug-likeness (QED) is 0.629. The summed E-state index contributed by atoms with van der Waals surface area (Å²) in [6.07, 6.45) is 0. The summed E-state index contributed by atoms with van der Waals surface area (Å²) in [5.74, 6) is 0. The van der Waals surface area contributed by atoms with Gasteiger partial charge in [0.05, 0.1) is 0 Å². The zero-order valence-corrected chi connectivity index (χ0v) is 11.1. The van der Waals surface area contributed by atoms with Crippen LogP contribution in [-0.2, 0) is 0 Å². The molecule has 0 N–H and O–H groups in total. The van der Waals surface area contributed by atoms with E-state index in [2.05, 4.69) is 40.2 Å². The van der Waals surface area contributed by atoms with Gasteiger partial charge in [-0.25, -0.2) is 0 Å². The molecule has 6 heteroatoms. The Kier molecular flexibility index (Phi) is 8.33. The first-order valence-corrected chi connectivity index (χ1v) is 5.52. The summed E-state index contributed by atoms with van der Waals surface area (Å²) >= 11 is 4.19. The minimum atomic E-state index is -3.67. The Morgan fingerprint density at radius 1 is 1.08 bits per heavy atom. The molecule has 0 aromatic heterocycles. The van der Waals surface area contributed by atoms with Crippen LogP contribution in [0, 0.1) is 0 Å². The summed E-state index contributed by atoms with van der Waals surface area (Å²) < 4.78 is 31.7. The molecule has 0 heterocycles. The molecule has 0 aliphatic carbocycles. The van der Waals surface area contributed by atoms with Crippen LogP contribution in [0.25, 0.3) is 0 Å². The van der Waals surface area contributed by atoms with E-state index in [4.69, 9.17) is 0 Å². The van der Waals surface area contributed by atoms with E-state index in [0.29, 0.717) is 0 Å². The van der Waals surface area contributed by atoms with Crippen molar-refractivity contribution in [3.05, 3.63) is 28.7 Å². The predicted molar refractivity (Wildman–Crippen MR) is 48.6 cm³/mol. The Bertz CT molecular complexity index is 193. The molecule has 1 rings (SSSR count). The molecule has 0 amide bonds. The van der Waals surface area contributed by atoms with Gasteiger partial charge in [-0.2, -0.15) is 0 Å². The molecule has 1 aromatic carbocycles. The fraction of sp³-hybridized carbons (Fsp3) is 0. The van der Waals surface area contributed by atoms with Crippen LogP contribution in [0.1, 0.15) is 0 Å². The third-order valence-electron chi connectivity index (χ3n) is 1.01. The van der Waals surface area contributed by atoms with Gasteiger partial charge in [0, 0.05) is 0 Å². The Morgan fingerprint density at radius 2 is 1.42 bits per heavy atom. The van der Waals surface area contributed by atoms with Crippen LogP contribution in [0.5, 0.6) is 0 Å². The summed E-state index contributed by atoms with van der Waals surface area (Å²) in [4.78, 5) is 0. The molecule has 0 saturated heterocycles. The number of hydrogen-bond donors (Lipinski definition) is 0. The SMILES string of the molecule is FB(F)F.[K][c]1ccc(Br)cc1. The topological polar surface area (TPSA) is 0 Å². The second-order valence-corrected chi connectivity index (χ2v) is 4.76. The molecule has 0 bridgehead atoms. The van der Waals surface area contributed by atoms with Crippen molar-refractivity contribution < 1.29 is 12.9 Å². The van der Waals surface area contributed by atoms with Crippen LogP contribution in [0.15, 0.2) is 28.7 Å². The van der Waals surface area contributed by atoms with E-state index in [1.807, 2.05) is 0 Å². The molecule has 0 atom stereocenters. The van der Waals surface area contributed by atoms with Gasteiger partial charge in [-0.15, -0.1) is 0 Å². The molecule has 0 saturated carbocycles. The van der Waals surface area contributed by atoms with Gasteiger partial charge in [0.1, 0.15) is 0 Å². The van der Waals surface area contributed by atoms with Crippen LogP contribution in [0.4, 0.5) is 12.9 Å². The molecule has 1 aromatic rings. The number of halogens is 4. The second-order valence-electron chi connectivity index (χ2n) is 2.04. The van der Waals surface area contributed by atoms with E-state index in [0.717, 1.165) is 49.0 Å². The van der Waals surface area contributed by atoms with E-state index in [1.165, 1.54) is 4.13 Å². The normalized spacial score (nSPS) is 8.50. The predicted octanol–water partition coefficient (Wildman–Crippen LogP) is 2.12. The summed E-state index contributed by atoms with van der Waals surface area (Å²) in [5.41, 5.74) is 0. The van der Waals surface area contributed by atoms with Crippen molar-refractivity contribution in [3.8, 4) is 0 Å². The number of rotatable bonds is 0. The van der Waals surface area contributed by atoms with Crippen LogP contribution in [0.3, 0.4) is 0 Å². The van der Waals surface area contributed by atoms with Crippen molar-refractivity contribution in [3.63, 3.8) is 0 Å². The van der Waals surface area contributed by atoms with E-state index in [9.17, 15) is 12.9 Å². The van der Waals surface area contributed by atoms with Gasteiger partial charge in [-0.05, 0) is 0 Å². The molecule has 0 unspecified atom stereocenters. The average molecular weight is 263 g/mol. The van der Waals surface area contributed by atoms with Crippen molar-refractivity contribution in [1.29, 1.82) is 0 Å². The van der Waals surface area contributed by atoms with Gasteiger partial charge < -0.3 is 0 Å². The van der Waals surface area contributed by atoms with Crippen LogP contribution < -0.4 is -0.342 Å². The summed E-state index contributed by atoms with van der Waals surface area (Å²) in [6.45, 7) is 0. The maximum atomic E-state index is 9.67. The first kappa shape index (κ1) is 13.2. The molecular weight excluding hydrogens is 259 g/mol. The standard InChI is InChI=1S/C6H4Br.BF3.K/c7-6-4-2-1-3-5-6;2-1(3)4;/h2-5H;;. The number of benzene rings is 1.